The molecule has 0 saturated carbocycles. The molecule has 26 heavy (non-hydrogen) atoms. The minimum absolute atomic E-state index is 0.175. The Morgan fingerprint density at radius 2 is 1.65 bits per heavy atom. The van der Waals surface area contributed by atoms with Crippen LogP contribution in [0.4, 0.5) is 5.69 Å². The first-order valence-electron chi connectivity index (χ1n) is 8.48. The second kappa shape index (κ2) is 8.04. The fourth-order valence-corrected chi connectivity index (χ4v) is 2.30. The van der Waals surface area contributed by atoms with E-state index in [0.717, 1.165) is 16.8 Å². The number of hydrogen-bond donors (Lipinski definition) is 1. The molecule has 1 amide bonds. The van der Waals surface area contributed by atoms with Crippen molar-refractivity contribution in [2.45, 2.75) is 40.2 Å². The summed E-state index contributed by atoms with van der Waals surface area (Å²) in [7, 11) is 0. The average Bonchev–Trinajstić information content (AvgIpc) is 2.56. The first-order chi connectivity index (χ1) is 12.2. The molecule has 2 aromatic rings. The van der Waals surface area contributed by atoms with Crippen molar-refractivity contribution in [1.29, 1.82) is 0 Å². The number of carbonyl (C=O) groups excluding carboxylic acids is 2. The van der Waals surface area contributed by atoms with E-state index >= 15 is 0 Å². The number of carbonyl (C=O) groups is 2. The molecular formula is C21H25NO4. The molecule has 0 spiro atoms. The van der Waals surface area contributed by atoms with E-state index in [4.69, 9.17) is 9.47 Å². The van der Waals surface area contributed by atoms with Crippen molar-refractivity contribution in [3.8, 4) is 5.75 Å². The molecule has 0 unspecified atom stereocenters. The van der Waals surface area contributed by atoms with E-state index in [9.17, 15) is 9.59 Å². The summed E-state index contributed by atoms with van der Waals surface area (Å²) < 4.78 is 10.6. The molecule has 0 radical (unpaired) electrons. The predicted molar refractivity (Wildman–Crippen MR) is 102 cm³/mol. The molecule has 0 aliphatic heterocycles. The summed E-state index contributed by atoms with van der Waals surface area (Å²) in [5.74, 6) is -0.134. The highest BCUT2D eigenvalue weighted by molar-refractivity contribution is 6.04. The Bertz CT molecular complexity index is 789. The summed E-state index contributed by atoms with van der Waals surface area (Å²) >= 11 is 0. The summed E-state index contributed by atoms with van der Waals surface area (Å²) in [5.41, 5.74) is 2.92. The molecule has 0 heterocycles. The van der Waals surface area contributed by atoms with E-state index in [2.05, 4.69) is 5.32 Å². The molecule has 5 nitrogen and oxygen atoms in total. The number of aryl methyl sites for hydroxylation is 1. The van der Waals surface area contributed by atoms with E-state index in [-0.39, 0.29) is 12.5 Å². The summed E-state index contributed by atoms with van der Waals surface area (Å²) in [6.07, 6.45) is 0. The molecule has 0 aliphatic rings. The number of nitrogens with one attached hydrogen (secondary N) is 1. The zero-order valence-corrected chi connectivity index (χ0v) is 15.9. The normalized spacial score (nSPS) is 11.0. The minimum atomic E-state index is -0.545. The Balaban J connectivity index is 1.95. The Morgan fingerprint density at radius 3 is 2.27 bits per heavy atom. The molecule has 2 aromatic carbocycles. The maximum atomic E-state index is 12.4. The molecule has 0 atom stereocenters. The second-order valence-corrected chi connectivity index (χ2v) is 7.10. The van der Waals surface area contributed by atoms with E-state index in [1.807, 2.05) is 32.0 Å². The van der Waals surface area contributed by atoms with Crippen molar-refractivity contribution < 1.29 is 19.1 Å². The second-order valence-electron chi connectivity index (χ2n) is 7.10. The average molecular weight is 355 g/mol. The minimum Gasteiger partial charge on any atom is -0.482 e. The monoisotopic (exact) mass is 355 g/mol. The molecule has 5 heteroatoms. The maximum absolute atomic E-state index is 12.4. The van der Waals surface area contributed by atoms with Crippen LogP contribution in [0.2, 0.25) is 0 Å². The molecule has 0 aliphatic carbocycles. The van der Waals surface area contributed by atoms with Crippen LogP contribution in [0.25, 0.3) is 0 Å². The van der Waals surface area contributed by atoms with Gasteiger partial charge in [0.1, 0.15) is 11.4 Å². The molecule has 1 N–H and O–H groups in total. The van der Waals surface area contributed by atoms with Gasteiger partial charge in [0.15, 0.2) is 6.61 Å². The third-order valence-corrected chi connectivity index (χ3v) is 3.75. The van der Waals surface area contributed by atoms with Crippen molar-refractivity contribution in [2.24, 2.45) is 0 Å². The van der Waals surface area contributed by atoms with Gasteiger partial charge in [0.25, 0.3) is 5.91 Å². The zero-order chi connectivity index (χ0) is 19.3. The molecule has 138 valence electrons. The van der Waals surface area contributed by atoms with Crippen LogP contribution in [-0.4, -0.2) is 24.1 Å². The van der Waals surface area contributed by atoms with Gasteiger partial charge in [-0.2, -0.15) is 0 Å². The zero-order valence-electron chi connectivity index (χ0n) is 15.9. The number of anilines is 1. The van der Waals surface area contributed by atoms with Gasteiger partial charge in [-0.25, -0.2) is 4.79 Å². The van der Waals surface area contributed by atoms with Crippen LogP contribution in [0.15, 0.2) is 42.5 Å². The summed E-state index contributed by atoms with van der Waals surface area (Å²) in [5, 5.41) is 2.91. The maximum Gasteiger partial charge on any atom is 0.344 e. The van der Waals surface area contributed by atoms with Gasteiger partial charge in [-0.05, 0) is 76.1 Å². The largest absolute Gasteiger partial charge is 0.482 e. The van der Waals surface area contributed by atoms with Gasteiger partial charge in [0.2, 0.25) is 0 Å². The third-order valence-electron chi connectivity index (χ3n) is 3.75. The van der Waals surface area contributed by atoms with E-state index in [1.165, 1.54) is 0 Å². The summed E-state index contributed by atoms with van der Waals surface area (Å²) in [4.78, 5) is 24.0. The van der Waals surface area contributed by atoms with Gasteiger partial charge in [0, 0.05) is 11.3 Å². The van der Waals surface area contributed by atoms with E-state index in [0.29, 0.717) is 11.3 Å². The van der Waals surface area contributed by atoms with Gasteiger partial charge in [-0.1, -0.05) is 12.1 Å². The van der Waals surface area contributed by atoms with Gasteiger partial charge >= 0.3 is 5.97 Å². The van der Waals surface area contributed by atoms with Crippen LogP contribution < -0.4 is 10.1 Å². The van der Waals surface area contributed by atoms with Gasteiger partial charge in [-0.3, -0.25) is 4.79 Å². The van der Waals surface area contributed by atoms with Gasteiger partial charge < -0.3 is 14.8 Å². The summed E-state index contributed by atoms with van der Waals surface area (Å²) in [6.45, 7) is 9.20. The number of esters is 1. The lowest BCUT2D eigenvalue weighted by Gasteiger charge is -2.19. The van der Waals surface area contributed by atoms with Crippen LogP contribution in [0, 0.1) is 13.8 Å². The Kier molecular flexibility index (Phi) is 6.03. The number of benzene rings is 2. The van der Waals surface area contributed by atoms with E-state index in [1.54, 1.807) is 45.0 Å². The molecular weight excluding hydrogens is 330 g/mol. The number of hydrogen-bond acceptors (Lipinski definition) is 4. The molecule has 0 bridgehead atoms. The Morgan fingerprint density at radius 1 is 1.00 bits per heavy atom. The highest BCUT2D eigenvalue weighted by Crippen LogP contribution is 2.20. The smallest absolute Gasteiger partial charge is 0.344 e. The SMILES string of the molecule is Cc1cccc(NC(=O)c2ccc(OCC(=O)OC(C)(C)C)cc2)c1C. The highest BCUT2D eigenvalue weighted by atomic mass is 16.6. The molecule has 0 aromatic heterocycles. The van der Waals surface area contributed by atoms with Crippen LogP contribution in [-0.2, 0) is 9.53 Å². The van der Waals surface area contributed by atoms with E-state index < -0.39 is 11.6 Å². The first-order valence-corrected chi connectivity index (χ1v) is 8.48. The van der Waals surface area contributed by atoms with Crippen molar-refractivity contribution in [3.05, 3.63) is 59.2 Å². The van der Waals surface area contributed by atoms with Crippen molar-refractivity contribution >= 4 is 17.6 Å². The summed E-state index contributed by atoms with van der Waals surface area (Å²) in [6, 6.07) is 12.4. The van der Waals surface area contributed by atoms with Gasteiger partial charge in [-0.15, -0.1) is 0 Å². The fraction of sp³-hybridized carbons (Fsp3) is 0.333. The Labute approximate surface area is 154 Å². The lowest BCUT2D eigenvalue weighted by atomic mass is 10.1. The van der Waals surface area contributed by atoms with Gasteiger partial charge in [0.05, 0.1) is 0 Å². The van der Waals surface area contributed by atoms with Crippen LogP contribution in [0.1, 0.15) is 42.3 Å². The van der Waals surface area contributed by atoms with Crippen LogP contribution in [0.3, 0.4) is 0 Å². The molecule has 2 rings (SSSR count). The topological polar surface area (TPSA) is 64.6 Å². The van der Waals surface area contributed by atoms with Crippen LogP contribution >= 0.6 is 0 Å². The number of ether oxygens (including phenoxy) is 2. The third kappa shape index (κ3) is 5.62. The first kappa shape index (κ1) is 19.5. The fourth-order valence-electron chi connectivity index (χ4n) is 2.30. The van der Waals surface area contributed by atoms with Crippen molar-refractivity contribution in [3.63, 3.8) is 0 Å². The van der Waals surface area contributed by atoms with Crippen molar-refractivity contribution in [2.75, 3.05) is 11.9 Å². The lowest BCUT2D eigenvalue weighted by molar-refractivity contribution is -0.157. The highest BCUT2D eigenvalue weighted by Gasteiger charge is 2.16. The molecule has 0 saturated heterocycles. The Hall–Kier alpha value is -2.82. The molecule has 0 fully saturated rings. The number of amides is 1. The lowest BCUT2D eigenvalue weighted by Crippen LogP contribution is -2.27. The van der Waals surface area contributed by atoms with Crippen LogP contribution in [0.5, 0.6) is 5.75 Å². The standard InChI is InChI=1S/C21H25NO4/c1-14-7-6-8-18(15(14)2)22-20(24)16-9-11-17(12-10-16)25-13-19(23)26-21(3,4)5/h6-12H,13H2,1-5H3,(H,22,24). The quantitative estimate of drug-likeness (QED) is 0.813. The predicted octanol–water partition coefficient (Wildman–Crippen LogP) is 4.28. The number of rotatable bonds is 5. The van der Waals surface area contributed by atoms with Crippen molar-refractivity contribution in [1.82, 2.24) is 0 Å².